The summed E-state index contributed by atoms with van der Waals surface area (Å²) >= 11 is 0. The van der Waals surface area contributed by atoms with E-state index in [1.54, 1.807) is 0 Å². The molecule has 0 radical (unpaired) electrons. The number of nitrogens with zero attached hydrogens (tertiary/aromatic N) is 2. The molecule has 0 atom stereocenters. The highest BCUT2D eigenvalue weighted by molar-refractivity contribution is 5.18. The summed E-state index contributed by atoms with van der Waals surface area (Å²) in [6.45, 7) is 8.09. The Labute approximate surface area is 86.1 Å². The first-order valence-corrected chi connectivity index (χ1v) is 5.07. The maximum Gasteiger partial charge on any atom is 0.0622 e. The van der Waals surface area contributed by atoms with Crippen molar-refractivity contribution >= 4 is 0 Å². The molecule has 0 saturated heterocycles. The minimum Gasteiger partial charge on any atom is -0.255 e. The van der Waals surface area contributed by atoms with E-state index in [1.165, 1.54) is 0 Å². The molecule has 2 nitrogen and oxygen atoms in total. The summed E-state index contributed by atoms with van der Waals surface area (Å²) in [6.07, 6.45) is 6.28. The molecule has 0 aromatic carbocycles. The normalized spacial score (nSPS) is 11.1. The van der Waals surface area contributed by atoms with Gasteiger partial charge in [0.25, 0.3) is 0 Å². The Balaban J connectivity index is 2.81. The molecule has 0 bridgehead atoms. The lowest BCUT2D eigenvalue weighted by atomic mass is 10.1. The highest BCUT2D eigenvalue weighted by Gasteiger charge is 2.03. The maximum absolute atomic E-state index is 4.55. The van der Waals surface area contributed by atoms with Gasteiger partial charge in [-0.1, -0.05) is 12.2 Å². The molecule has 0 N–H and O–H groups in total. The number of aryl methyl sites for hydroxylation is 4. The van der Waals surface area contributed by atoms with Crippen molar-refractivity contribution in [3.63, 3.8) is 0 Å². The summed E-state index contributed by atoms with van der Waals surface area (Å²) < 4.78 is 0. The van der Waals surface area contributed by atoms with Gasteiger partial charge in [0.1, 0.15) is 0 Å². The van der Waals surface area contributed by atoms with Gasteiger partial charge in [0, 0.05) is 0 Å². The Morgan fingerprint density at radius 2 is 1.64 bits per heavy atom. The van der Waals surface area contributed by atoms with Gasteiger partial charge in [-0.25, -0.2) is 0 Å². The minimum atomic E-state index is 0.990. The van der Waals surface area contributed by atoms with Crippen LogP contribution in [0.3, 0.4) is 0 Å². The first-order valence-electron chi connectivity index (χ1n) is 5.07. The molecule has 1 aromatic rings. The van der Waals surface area contributed by atoms with Gasteiger partial charge in [-0.15, -0.1) is 0 Å². The van der Waals surface area contributed by atoms with Gasteiger partial charge >= 0.3 is 0 Å². The molecule has 0 saturated carbocycles. The molecule has 1 aromatic heterocycles. The lowest BCUT2D eigenvalue weighted by Crippen LogP contribution is -2.02. The number of allylic oxidation sites excluding steroid dienone is 2. The summed E-state index contributed by atoms with van der Waals surface area (Å²) in [7, 11) is 0. The van der Waals surface area contributed by atoms with Crippen LogP contribution in [0.4, 0.5) is 0 Å². The van der Waals surface area contributed by atoms with E-state index in [4.69, 9.17) is 0 Å². The van der Waals surface area contributed by atoms with Gasteiger partial charge < -0.3 is 0 Å². The van der Waals surface area contributed by atoms with Crippen molar-refractivity contribution in [3.8, 4) is 0 Å². The fraction of sp³-hybridized carbons (Fsp3) is 0.500. The van der Waals surface area contributed by atoms with Crippen LogP contribution in [0.2, 0.25) is 0 Å². The van der Waals surface area contributed by atoms with Crippen LogP contribution in [0.15, 0.2) is 12.2 Å². The van der Waals surface area contributed by atoms with Gasteiger partial charge in [0.05, 0.1) is 22.8 Å². The molecule has 76 valence electrons. The maximum atomic E-state index is 4.55. The standard InChI is InChI=1S/C12H18N2/c1-5-6-7-8-12-11(4)13-9(2)10(3)14-12/h5-6H,7-8H2,1-4H3. The summed E-state index contributed by atoms with van der Waals surface area (Å²) in [5.41, 5.74) is 4.28. The second-order valence-electron chi connectivity index (χ2n) is 3.53. The zero-order chi connectivity index (χ0) is 10.6. The Hall–Kier alpha value is -1.18. The van der Waals surface area contributed by atoms with E-state index in [2.05, 4.69) is 22.1 Å². The average Bonchev–Trinajstić information content (AvgIpc) is 2.14. The third kappa shape index (κ3) is 2.66. The van der Waals surface area contributed by atoms with Crippen molar-refractivity contribution < 1.29 is 0 Å². The first-order chi connectivity index (χ1) is 6.65. The van der Waals surface area contributed by atoms with E-state index < -0.39 is 0 Å². The first kappa shape index (κ1) is 10.9. The Kier molecular flexibility index (Phi) is 3.81. The molecular formula is C12H18N2. The van der Waals surface area contributed by atoms with E-state index in [-0.39, 0.29) is 0 Å². The van der Waals surface area contributed by atoms with Crippen LogP contribution < -0.4 is 0 Å². The van der Waals surface area contributed by atoms with Crippen LogP contribution in [0.25, 0.3) is 0 Å². The molecule has 0 unspecified atom stereocenters. The van der Waals surface area contributed by atoms with Gasteiger partial charge in [0.15, 0.2) is 0 Å². The Morgan fingerprint density at radius 3 is 2.29 bits per heavy atom. The number of hydrogen-bond acceptors (Lipinski definition) is 2. The fourth-order valence-electron chi connectivity index (χ4n) is 1.38. The molecule has 0 amide bonds. The van der Waals surface area contributed by atoms with E-state index >= 15 is 0 Å². The smallest absolute Gasteiger partial charge is 0.0622 e. The molecular weight excluding hydrogens is 172 g/mol. The second kappa shape index (κ2) is 4.89. The van der Waals surface area contributed by atoms with Gasteiger partial charge in [-0.2, -0.15) is 0 Å². The monoisotopic (exact) mass is 190 g/mol. The zero-order valence-electron chi connectivity index (χ0n) is 9.46. The lowest BCUT2D eigenvalue weighted by molar-refractivity contribution is 0.864. The predicted molar refractivity (Wildman–Crippen MR) is 59.4 cm³/mol. The van der Waals surface area contributed by atoms with Crippen molar-refractivity contribution in [1.29, 1.82) is 0 Å². The third-order valence-electron chi connectivity index (χ3n) is 2.36. The number of rotatable bonds is 3. The topological polar surface area (TPSA) is 25.8 Å². The van der Waals surface area contributed by atoms with E-state index in [0.29, 0.717) is 0 Å². The van der Waals surface area contributed by atoms with Crippen LogP contribution in [0.5, 0.6) is 0 Å². The molecule has 0 aliphatic heterocycles. The number of aromatic nitrogens is 2. The summed E-state index contributed by atoms with van der Waals surface area (Å²) in [5, 5.41) is 0. The van der Waals surface area contributed by atoms with Crippen molar-refractivity contribution in [2.24, 2.45) is 0 Å². The number of hydrogen-bond donors (Lipinski definition) is 0. The highest BCUT2D eigenvalue weighted by atomic mass is 14.8. The van der Waals surface area contributed by atoms with Crippen molar-refractivity contribution in [2.75, 3.05) is 0 Å². The zero-order valence-corrected chi connectivity index (χ0v) is 9.46. The van der Waals surface area contributed by atoms with E-state index in [9.17, 15) is 0 Å². The van der Waals surface area contributed by atoms with E-state index in [0.717, 1.165) is 35.6 Å². The molecule has 0 aliphatic rings. The minimum absolute atomic E-state index is 0.990. The largest absolute Gasteiger partial charge is 0.255 e. The molecule has 0 aliphatic carbocycles. The Bertz CT molecular complexity index is 340. The van der Waals surface area contributed by atoms with Crippen molar-refractivity contribution in [3.05, 3.63) is 34.9 Å². The van der Waals surface area contributed by atoms with Crippen molar-refractivity contribution in [1.82, 2.24) is 9.97 Å². The van der Waals surface area contributed by atoms with Crippen molar-refractivity contribution in [2.45, 2.75) is 40.5 Å². The van der Waals surface area contributed by atoms with E-state index in [1.807, 2.05) is 27.7 Å². The summed E-state index contributed by atoms with van der Waals surface area (Å²) in [5.74, 6) is 0. The second-order valence-corrected chi connectivity index (χ2v) is 3.53. The molecule has 2 heteroatoms. The van der Waals surface area contributed by atoms with Gasteiger partial charge in [-0.05, 0) is 40.5 Å². The molecule has 1 heterocycles. The Morgan fingerprint density at radius 1 is 1.00 bits per heavy atom. The van der Waals surface area contributed by atoms with Gasteiger partial charge in [0.2, 0.25) is 0 Å². The molecule has 1 rings (SSSR count). The van der Waals surface area contributed by atoms with Gasteiger partial charge in [-0.3, -0.25) is 9.97 Å². The summed E-state index contributed by atoms with van der Waals surface area (Å²) in [4.78, 5) is 9.01. The fourth-order valence-corrected chi connectivity index (χ4v) is 1.38. The lowest BCUT2D eigenvalue weighted by Gasteiger charge is -2.06. The van der Waals surface area contributed by atoms with Crippen LogP contribution in [-0.4, -0.2) is 9.97 Å². The molecule has 0 spiro atoms. The van der Waals surface area contributed by atoms with Crippen LogP contribution >= 0.6 is 0 Å². The SMILES string of the molecule is CC=CCCc1nc(C)c(C)nc1C. The third-order valence-corrected chi connectivity index (χ3v) is 2.36. The van der Waals surface area contributed by atoms with Crippen LogP contribution in [0.1, 0.15) is 36.1 Å². The average molecular weight is 190 g/mol. The predicted octanol–water partition coefficient (Wildman–Crippen LogP) is 2.91. The van der Waals surface area contributed by atoms with Crippen LogP contribution in [-0.2, 0) is 6.42 Å². The molecule has 0 fully saturated rings. The van der Waals surface area contributed by atoms with Crippen LogP contribution in [0, 0.1) is 20.8 Å². The highest BCUT2D eigenvalue weighted by Crippen LogP contribution is 2.09. The molecule has 14 heavy (non-hydrogen) atoms. The quantitative estimate of drug-likeness (QED) is 0.685. The summed E-state index contributed by atoms with van der Waals surface area (Å²) in [6, 6.07) is 0.